The minimum atomic E-state index is -3.21. The number of sulfone groups is 1. The quantitative estimate of drug-likeness (QED) is 0.926. The first kappa shape index (κ1) is 16.5. The number of benzene rings is 2. The Morgan fingerprint density at radius 3 is 2.25 bits per heavy atom. The lowest BCUT2D eigenvalue weighted by atomic mass is 10.1. The van der Waals surface area contributed by atoms with Crippen molar-refractivity contribution in [1.29, 1.82) is 0 Å². The number of hydrogen-bond donors (Lipinski definition) is 1. The van der Waals surface area contributed by atoms with Crippen LogP contribution < -0.4 is 10.2 Å². The molecule has 6 heteroatoms. The molecule has 0 aliphatic carbocycles. The summed E-state index contributed by atoms with van der Waals surface area (Å²) in [5, 5.41) is 3.21. The van der Waals surface area contributed by atoms with Crippen molar-refractivity contribution in [3.8, 4) is 0 Å². The Balaban J connectivity index is 1.76. The van der Waals surface area contributed by atoms with E-state index < -0.39 is 9.84 Å². The van der Waals surface area contributed by atoms with Crippen LogP contribution in [0.2, 0.25) is 0 Å². The molecule has 0 bridgehead atoms. The van der Waals surface area contributed by atoms with Crippen molar-refractivity contribution in [3.63, 3.8) is 0 Å². The highest BCUT2D eigenvalue weighted by Crippen LogP contribution is 2.28. The van der Waals surface area contributed by atoms with Crippen molar-refractivity contribution in [2.24, 2.45) is 0 Å². The number of para-hydroxylation sites is 1. The van der Waals surface area contributed by atoms with Crippen LogP contribution >= 0.6 is 0 Å². The summed E-state index contributed by atoms with van der Waals surface area (Å²) in [5.41, 5.74) is 1.63. The molecule has 3 rings (SSSR count). The first-order valence-corrected chi connectivity index (χ1v) is 9.70. The second-order valence-electron chi connectivity index (χ2n) is 6.12. The molecular formula is C18H20N2O3S. The third kappa shape index (κ3) is 3.28. The third-order valence-electron chi connectivity index (χ3n) is 4.21. The van der Waals surface area contributed by atoms with Gasteiger partial charge >= 0.3 is 0 Å². The Morgan fingerprint density at radius 1 is 1.04 bits per heavy atom. The number of anilines is 2. The maximum absolute atomic E-state index is 12.7. The smallest absolute Gasteiger partial charge is 0.249 e. The SMILES string of the molecule is C[C@@H]1C[C@H](Nc2ccc(S(C)(=O)=O)cc2)C(=O)N1c1ccccc1. The Labute approximate surface area is 142 Å². The van der Waals surface area contributed by atoms with E-state index in [0.29, 0.717) is 6.42 Å². The molecule has 0 unspecified atom stereocenters. The maximum Gasteiger partial charge on any atom is 0.249 e. The van der Waals surface area contributed by atoms with Gasteiger partial charge in [0.05, 0.1) is 4.90 Å². The van der Waals surface area contributed by atoms with E-state index in [0.717, 1.165) is 11.4 Å². The zero-order valence-electron chi connectivity index (χ0n) is 13.6. The molecule has 1 N–H and O–H groups in total. The molecule has 2 aromatic rings. The van der Waals surface area contributed by atoms with E-state index in [1.54, 1.807) is 24.3 Å². The molecule has 24 heavy (non-hydrogen) atoms. The van der Waals surface area contributed by atoms with Crippen molar-refractivity contribution in [2.75, 3.05) is 16.5 Å². The summed E-state index contributed by atoms with van der Waals surface area (Å²) in [6.45, 7) is 2.03. The summed E-state index contributed by atoms with van der Waals surface area (Å²) >= 11 is 0. The standard InChI is InChI=1S/C18H20N2O3S/c1-13-12-17(18(21)20(13)15-6-4-3-5-7-15)19-14-8-10-16(11-9-14)24(2,22)23/h3-11,13,17,19H,12H2,1-2H3/t13-,17+/m1/s1. The number of carbonyl (C=O) groups excluding carboxylic acids is 1. The van der Waals surface area contributed by atoms with Crippen LogP contribution in [0.15, 0.2) is 59.5 Å². The van der Waals surface area contributed by atoms with Crippen molar-refractivity contribution < 1.29 is 13.2 Å². The van der Waals surface area contributed by atoms with Gasteiger partial charge in [-0.1, -0.05) is 18.2 Å². The van der Waals surface area contributed by atoms with Gasteiger partial charge in [-0.25, -0.2) is 8.42 Å². The van der Waals surface area contributed by atoms with Gasteiger partial charge < -0.3 is 10.2 Å². The van der Waals surface area contributed by atoms with Gasteiger partial charge in [-0.15, -0.1) is 0 Å². The fraction of sp³-hybridized carbons (Fsp3) is 0.278. The lowest BCUT2D eigenvalue weighted by Crippen LogP contribution is -2.35. The minimum absolute atomic E-state index is 0.0286. The van der Waals surface area contributed by atoms with Crippen molar-refractivity contribution in [1.82, 2.24) is 0 Å². The Bertz CT molecular complexity index is 832. The number of nitrogens with one attached hydrogen (secondary N) is 1. The zero-order chi connectivity index (χ0) is 17.3. The number of carbonyl (C=O) groups is 1. The topological polar surface area (TPSA) is 66.5 Å². The maximum atomic E-state index is 12.7. The van der Waals surface area contributed by atoms with Crippen LogP contribution in [0.1, 0.15) is 13.3 Å². The van der Waals surface area contributed by atoms with Gasteiger partial charge in [-0.2, -0.15) is 0 Å². The number of nitrogens with zero attached hydrogens (tertiary/aromatic N) is 1. The normalized spacial score (nSPS) is 21.1. The molecule has 1 saturated heterocycles. The number of hydrogen-bond acceptors (Lipinski definition) is 4. The Hall–Kier alpha value is -2.34. The van der Waals surface area contributed by atoms with Crippen molar-refractivity contribution in [3.05, 3.63) is 54.6 Å². The second-order valence-corrected chi connectivity index (χ2v) is 8.14. The molecular weight excluding hydrogens is 324 g/mol. The first-order valence-electron chi connectivity index (χ1n) is 7.81. The van der Waals surface area contributed by atoms with E-state index in [2.05, 4.69) is 5.32 Å². The van der Waals surface area contributed by atoms with Gasteiger partial charge in [0.2, 0.25) is 5.91 Å². The molecule has 0 radical (unpaired) electrons. The monoisotopic (exact) mass is 344 g/mol. The summed E-state index contributed by atoms with van der Waals surface area (Å²) in [6, 6.07) is 15.9. The van der Waals surface area contributed by atoms with E-state index in [4.69, 9.17) is 0 Å². The molecule has 5 nitrogen and oxygen atoms in total. The third-order valence-corrected chi connectivity index (χ3v) is 5.34. The Morgan fingerprint density at radius 2 is 1.67 bits per heavy atom. The summed E-state index contributed by atoms with van der Waals surface area (Å²) in [6.07, 6.45) is 1.87. The Kier molecular flexibility index (Phi) is 4.32. The van der Waals surface area contributed by atoms with Crippen LogP contribution in [-0.4, -0.2) is 32.7 Å². The highest BCUT2D eigenvalue weighted by Gasteiger charge is 2.37. The van der Waals surface area contributed by atoms with Crippen LogP contribution in [0.5, 0.6) is 0 Å². The average Bonchev–Trinajstić information content (AvgIpc) is 2.82. The van der Waals surface area contributed by atoms with Gasteiger partial charge in [0.1, 0.15) is 6.04 Å². The molecule has 2 atom stereocenters. The van der Waals surface area contributed by atoms with E-state index in [1.807, 2.05) is 42.2 Å². The predicted octanol–water partition coefficient (Wildman–Crippen LogP) is 2.70. The van der Waals surface area contributed by atoms with Crippen LogP contribution in [0, 0.1) is 0 Å². The molecule has 2 aromatic carbocycles. The molecule has 1 aliphatic rings. The van der Waals surface area contributed by atoms with Crippen LogP contribution in [-0.2, 0) is 14.6 Å². The van der Waals surface area contributed by atoms with Gasteiger partial charge in [0, 0.05) is 23.7 Å². The molecule has 0 saturated carbocycles. The zero-order valence-corrected chi connectivity index (χ0v) is 14.5. The van der Waals surface area contributed by atoms with E-state index in [1.165, 1.54) is 6.26 Å². The van der Waals surface area contributed by atoms with E-state index >= 15 is 0 Å². The first-order chi connectivity index (χ1) is 11.4. The molecule has 1 amide bonds. The predicted molar refractivity (Wildman–Crippen MR) is 95.0 cm³/mol. The molecule has 1 fully saturated rings. The molecule has 1 heterocycles. The average molecular weight is 344 g/mol. The molecule has 126 valence electrons. The minimum Gasteiger partial charge on any atom is -0.374 e. The molecule has 0 spiro atoms. The summed E-state index contributed by atoms with van der Waals surface area (Å²) < 4.78 is 23.0. The highest BCUT2D eigenvalue weighted by molar-refractivity contribution is 7.90. The summed E-state index contributed by atoms with van der Waals surface area (Å²) in [7, 11) is -3.21. The van der Waals surface area contributed by atoms with Gasteiger partial charge in [0.15, 0.2) is 9.84 Å². The van der Waals surface area contributed by atoms with Gasteiger partial charge in [0.25, 0.3) is 0 Å². The van der Waals surface area contributed by atoms with Crippen LogP contribution in [0.3, 0.4) is 0 Å². The van der Waals surface area contributed by atoms with Crippen molar-refractivity contribution in [2.45, 2.75) is 30.3 Å². The summed E-state index contributed by atoms with van der Waals surface area (Å²) in [4.78, 5) is 14.8. The largest absolute Gasteiger partial charge is 0.374 e. The number of rotatable bonds is 4. The van der Waals surface area contributed by atoms with Crippen molar-refractivity contribution >= 4 is 27.1 Å². The summed E-state index contributed by atoms with van der Waals surface area (Å²) in [5.74, 6) is 0.0286. The van der Waals surface area contributed by atoms with E-state index in [-0.39, 0.29) is 22.9 Å². The second kappa shape index (κ2) is 6.28. The molecule has 0 aromatic heterocycles. The van der Waals surface area contributed by atoms with Crippen LogP contribution in [0.25, 0.3) is 0 Å². The number of amides is 1. The fourth-order valence-electron chi connectivity index (χ4n) is 3.02. The van der Waals surface area contributed by atoms with Gasteiger partial charge in [-0.05, 0) is 49.7 Å². The lowest BCUT2D eigenvalue weighted by Gasteiger charge is -2.21. The molecule has 1 aliphatic heterocycles. The highest BCUT2D eigenvalue weighted by atomic mass is 32.2. The van der Waals surface area contributed by atoms with Gasteiger partial charge in [-0.3, -0.25) is 4.79 Å². The fourth-order valence-corrected chi connectivity index (χ4v) is 3.65. The van der Waals surface area contributed by atoms with Crippen LogP contribution in [0.4, 0.5) is 11.4 Å². The van der Waals surface area contributed by atoms with E-state index in [9.17, 15) is 13.2 Å². The lowest BCUT2D eigenvalue weighted by molar-refractivity contribution is -0.117.